The topological polar surface area (TPSA) is 68.7 Å². The maximum Gasteiger partial charge on any atom is 0.228 e. The molecule has 2 aliphatic heterocycles. The first-order valence-electron chi connectivity index (χ1n) is 10.5. The van der Waals surface area contributed by atoms with Crippen LogP contribution in [-0.4, -0.2) is 47.9 Å². The molecule has 5 rings (SSSR count). The lowest BCUT2D eigenvalue weighted by Crippen LogP contribution is -2.41. The summed E-state index contributed by atoms with van der Waals surface area (Å²) < 4.78 is 11.9. The number of carbonyl (C=O) groups excluding carboxylic acids is 2. The largest absolute Gasteiger partial charge is 0.486 e. The molecular weight excluding hydrogens is 468 g/mol. The Kier molecular flexibility index (Phi) is 6.17. The maximum absolute atomic E-state index is 13.0. The highest BCUT2D eigenvalue weighted by Crippen LogP contribution is 2.34. The highest BCUT2D eigenvalue weighted by molar-refractivity contribution is 7.23. The first-order chi connectivity index (χ1) is 15.6. The van der Waals surface area contributed by atoms with E-state index in [1.165, 1.54) is 22.7 Å². The number of fused-ring (bicyclic) bond motifs is 1. The molecule has 0 unspecified atom stereocenters. The molecule has 2 aromatic heterocycles. The second kappa shape index (κ2) is 9.21. The molecule has 3 aromatic rings. The van der Waals surface area contributed by atoms with Crippen LogP contribution in [0.25, 0.3) is 9.88 Å². The number of halogens is 1. The number of carbonyl (C=O) groups is 2. The van der Waals surface area contributed by atoms with Gasteiger partial charge in [-0.2, -0.15) is 0 Å². The minimum Gasteiger partial charge on any atom is -0.486 e. The van der Waals surface area contributed by atoms with E-state index in [2.05, 4.69) is 4.98 Å². The fraction of sp³-hybridized carbons (Fsp3) is 0.348. The molecule has 166 valence electrons. The predicted molar refractivity (Wildman–Crippen MR) is 125 cm³/mol. The first-order valence-corrected chi connectivity index (χ1v) is 12.6. The van der Waals surface area contributed by atoms with Crippen molar-refractivity contribution in [1.29, 1.82) is 0 Å². The summed E-state index contributed by atoms with van der Waals surface area (Å²) in [6, 6.07) is 9.17. The maximum atomic E-state index is 13.0. The fourth-order valence-electron chi connectivity index (χ4n) is 4.02. The summed E-state index contributed by atoms with van der Waals surface area (Å²) in [5, 5.41) is 2.81. The number of Topliss-reactive ketones (excluding diaryl/α,β-unsaturated/α-hetero) is 1. The van der Waals surface area contributed by atoms with Gasteiger partial charge in [0.2, 0.25) is 5.91 Å². The van der Waals surface area contributed by atoms with Gasteiger partial charge in [-0.05, 0) is 43.2 Å². The van der Waals surface area contributed by atoms with Crippen molar-refractivity contribution < 1.29 is 19.1 Å². The standard InChI is InChI=1S/C23H21ClN2O4S2/c24-20-4-3-19(32-20)23-25-16(13-31-23)12-21(27)26-7-5-14(6-8-26)22(28)15-1-2-17-18(11-15)30-10-9-29-17/h1-4,11,13-14H,5-10,12H2. The molecule has 0 bridgehead atoms. The van der Waals surface area contributed by atoms with E-state index in [9.17, 15) is 9.59 Å². The van der Waals surface area contributed by atoms with Gasteiger partial charge in [-0.15, -0.1) is 22.7 Å². The lowest BCUT2D eigenvalue weighted by atomic mass is 9.88. The number of amides is 1. The Morgan fingerprint density at radius 3 is 2.62 bits per heavy atom. The lowest BCUT2D eigenvalue weighted by molar-refractivity contribution is -0.131. The number of piperidine rings is 1. The number of thiophene rings is 1. The van der Waals surface area contributed by atoms with Gasteiger partial charge in [0, 0.05) is 30.0 Å². The highest BCUT2D eigenvalue weighted by Gasteiger charge is 2.29. The number of ether oxygens (including phenoxy) is 2. The van der Waals surface area contributed by atoms with E-state index in [4.69, 9.17) is 21.1 Å². The molecule has 0 aliphatic carbocycles. The summed E-state index contributed by atoms with van der Waals surface area (Å²) in [5.41, 5.74) is 1.41. The number of aromatic nitrogens is 1. The van der Waals surface area contributed by atoms with Crippen molar-refractivity contribution in [2.45, 2.75) is 19.3 Å². The van der Waals surface area contributed by atoms with Crippen LogP contribution < -0.4 is 9.47 Å². The first kappa shape index (κ1) is 21.4. The molecular formula is C23H21ClN2O4S2. The zero-order valence-electron chi connectivity index (χ0n) is 17.2. The minimum atomic E-state index is -0.0870. The van der Waals surface area contributed by atoms with Crippen LogP contribution in [0.3, 0.4) is 0 Å². The third-order valence-electron chi connectivity index (χ3n) is 5.71. The summed E-state index contributed by atoms with van der Waals surface area (Å²) in [4.78, 5) is 33.2. The quantitative estimate of drug-likeness (QED) is 0.475. The van der Waals surface area contributed by atoms with E-state index in [0.717, 1.165) is 19.9 Å². The Labute approximate surface area is 198 Å². The van der Waals surface area contributed by atoms with Gasteiger partial charge in [-0.25, -0.2) is 4.98 Å². The van der Waals surface area contributed by atoms with Crippen molar-refractivity contribution in [2.75, 3.05) is 26.3 Å². The lowest BCUT2D eigenvalue weighted by Gasteiger charge is -2.31. The van der Waals surface area contributed by atoms with Crippen LogP contribution in [-0.2, 0) is 11.2 Å². The summed E-state index contributed by atoms with van der Waals surface area (Å²) in [6.45, 7) is 2.18. The zero-order chi connectivity index (χ0) is 22.1. The van der Waals surface area contributed by atoms with Crippen molar-refractivity contribution in [3.63, 3.8) is 0 Å². The van der Waals surface area contributed by atoms with Crippen LogP contribution in [0.4, 0.5) is 0 Å². The molecule has 0 radical (unpaired) electrons. The Morgan fingerprint density at radius 1 is 1.09 bits per heavy atom. The Bertz CT molecular complexity index is 1150. The number of benzene rings is 1. The Morgan fingerprint density at radius 2 is 1.88 bits per heavy atom. The Balaban J connectivity index is 1.16. The molecule has 0 atom stereocenters. The number of hydrogen-bond acceptors (Lipinski definition) is 7. The van der Waals surface area contributed by atoms with Gasteiger partial charge in [0.05, 0.1) is 21.3 Å². The average molecular weight is 489 g/mol. The highest BCUT2D eigenvalue weighted by atomic mass is 35.5. The monoisotopic (exact) mass is 488 g/mol. The van der Waals surface area contributed by atoms with Gasteiger partial charge in [0.1, 0.15) is 18.2 Å². The number of nitrogens with zero attached hydrogens (tertiary/aromatic N) is 2. The molecule has 2 aliphatic rings. The normalized spacial score (nSPS) is 16.2. The molecule has 1 saturated heterocycles. The van der Waals surface area contributed by atoms with Crippen LogP contribution in [0.2, 0.25) is 4.34 Å². The van der Waals surface area contributed by atoms with Gasteiger partial charge in [-0.1, -0.05) is 11.6 Å². The third-order valence-corrected chi connectivity index (χ3v) is 8.00. The van der Waals surface area contributed by atoms with Crippen molar-refractivity contribution in [3.05, 3.63) is 51.3 Å². The summed E-state index contributed by atoms with van der Waals surface area (Å²) in [7, 11) is 0. The summed E-state index contributed by atoms with van der Waals surface area (Å²) >= 11 is 9.01. The third kappa shape index (κ3) is 4.53. The van der Waals surface area contributed by atoms with E-state index >= 15 is 0 Å². The summed E-state index contributed by atoms with van der Waals surface area (Å²) in [6.07, 6.45) is 1.60. The van der Waals surface area contributed by atoms with Crippen LogP contribution in [0, 0.1) is 5.92 Å². The fourth-order valence-corrected chi connectivity index (χ4v) is 5.96. The van der Waals surface area contributed by atoms with E-state index in [0.29, 0.717) is 56.2 Å². The van der Waals surface area contributed by atoms with Crippen molar-refractivity contribution >= 4 is 46.0 Å². The van der Waals surface area contributed by atoms with Crippen LogP contribution in [0.1, 0.15) is 28.9 Å². The predicted octanol–water partition coefficient (Wildman–Crippen LogP) is 4.96. The second-order valence-corrected chi connectivity index (χ2v) is 10.4. The molecule has 1 amide bonds. The molecule has 6 nitrogen and oxygen atoms in total. The zero-order valence-corrected chi connectivity index (χ0v) is 19.6. The Hall–Kier alpha value is -2.42. The van der Waals surface area contributed by atoms with Gasteiger partial charge in [-0.3, -0.25) is 9.59 Å². The molecule has 1 aromatic carbocycles. The van der Waals surface area contributed by atoms with Crippen LogP contribution in [0.5, 0.6) is 11.5 Å². The van der Waals surface area contributed by atoms with Gasteiger partial charge in [0.15, 0.2) is 17.3 Å². The van der Waals surface area contributed by atoms with Gasteiger partial charge < -0.3 is 14.4 Å². The number of thiazole rings is 1. The number of likely N-dealkylation sites (tertiary alicyclic amines) is 1. The van der Waals surface area contributed by atoms with Gasteiger partial charge in [0.25, 0.3) is 0 Å². The van der Waals surface area contributed by atoms with Crippen molar-refractivity contribution in [3.8, 4) is 21.4 Å². The van der Waals surface area contributed by atoms with Gasteiger partial charge >= 0.3 is 0 Å². The SMILES string of the molecule is O=C(c1ccc2c(c1)OCCO2)C1CCN(C(=O)Cc2csc(-c3ccc(Cl)s3)n2)CC1. The van der Waals surface area contributed by atoms with E-state index in [-0.39, 0.29) is 24.0 Å². The van der Waals surface area contributed by atoms with Crippen molar-refractivity contribution in [2.24, 2.45) is 5.92 Å². The number of ketones is 1. The molecule has 9 heteroatoms. The van der Waals surface area contributed by atoms with E-state index in [1.54, 1.807) is 18.2 Å². The summed E-state index contributed by atoms with van der Waals surface area (Å²) in [5.74, 6) is 1.38. The van der Waals surface area contributed by atoms with E-state index in [1.807, 2.05) is 22.4 Å². The average Bonchev–Trinajstić information content (AvgIpc) is 3.47. The molecule has 32 heavy (non-hydrogen) atoms. The van der Waals surface area contributed by atoms with Crippen LogP contribution in [0.15, 0.2) is 35.7 Å². The number of rotatable bonds is 5. The number of hydrogen-bond donors (Lipinski definition) is 0. The molecule has 0 saturated carbocycles. The molecule has 0 spiro atoms. The van der Waals surface area contributed by atoms with Crippen LogP contribution >= 0.6 is 34.3 Å². The molecule has 4 heterocycles. The smallest absolute Gasteiger partial charge is 0.228 e. The second-order valence-electron chi connectivity index (χ2n) is 7.80. The minimum absolute atomic E-state index is 0.0521. The molecule has 0 N–H and O–H groups in total. The van der Waals surface area contributed by atoms with Crippen molar-refractivity contribution in [1.82, 2.24) is 9.88 Å². The van der Waals surface area contributed by atoms with E-state index < -0.39 is 0 Å². The molecule has 1 fully saturated rings.